The number of phenols is 1. The SMILES string of the molecule is CC(=O)N1C[C@@H](C(=O)Nc2ccc(C)cc2O)Oc2ccccc21. The number of carbonyl (C=O) groups is 2. The lowest BCUT2D eigenvalue weighted by atomic mass is 10.1. The Kier molecular flexibility index (Phi) is 4.12. The van der Waals surface area contributed by atoms with Gasteiger partial charge in [-0.05, 0) is 36.8 Å². The zero-order chi connectivity index (χ0) is 17.3. The molecule has 2 aromatic rings. The van der Waals surface area contributed by atoms with Crippen molar-refractivity contribution in [3.63, 3.8) is 0 Å². The quantitative estimate of drug-likeness (QED) is 0.831. The van der Waals surface area contributed by atoms with E-state index in [4.69, 9.17) is 4.74 Å². The summed E-state index contributed by atoms with van der Waals surface area (Å²) < 4.78 is 5.72. The molecule has 1 heterocycles. The van der Waals surface area contributed by atoms with Gasteiger partial charge in [0.2, 0.25) is 5.91 Å². The second-order valence-corrected chi connectivity index (χ2v) is 5.71. The summed E-state index contributed by atoms with van der Waals surface area (Å²) in [6.45, 7) is 3.41. The van der Waals surface area contributed by atoms with E-state index >= 15 is 0 Å². The lowest BCUT2D eigenvalue weighted by molar-refractivity contribution is -0.123. The van der Waals surface area contributed by atoms with Crippen molar-refractivity contribution in [2.45, 2.75) is 20.0 Å². The van der Waals surface area contributed by atoms with Crippen LogP contribution in [0.4, 0.5) is 11.4 Å². The fraction of sp³-hybridized carbons (Fsp3) is 0.222. The maximum atomic E-state index is 12.5. The summed E-state index contributed by atoms with van der Waals surface area (Å²) in [6, 6.07) is 12.1. The van der Waals surface area contributed by atoms with Crippen molar-refractivity contribution < 1.29 is 19.4 Å². The van der Waals surface area contributed by atoms with Crippen LogP contribution in [-0.4, -0.2) is 29.6 Å². The molecule has 124 valence electrons. The van der Waals surface area contributed by atoms with E-state index in [0.717, 1.165) is 5.56 Å². The van der Waals surface area contributed by atoms with Gasteiger partial charge in [-0.25, -0.2) is 0 Å². The van der Waals surface area contributed by atoms with Gasteiger partial charge in [-0.3, -0.25) is 9.59 Å². The van der Waals surface area contributed by atoms with Crippen molar-refractivity contribution in [3.05, 3.63) is 48.0 Å². The highest BCUT2D eigenvalue weighted by atomic mass is 16.5. The molecule has 0 spiro atoms. The van der Waals surface area contributed by atoms with Crippen LogP contribution in [0.3, 0.4) is 0 Å². The number of aryl methyl sites for hydroxylation is 1. The molecule has 6 nitrogen and oxygen atoms in total. The highest BCUT2D eigenvalue weighted by Gasteiger charge is 2.32. The molecule has 0 bridgehead atoms. The van der Waals surface area contributed by atoms with Crippen LogP contribution in [-0.2, 0) is 9.59 Å². The van der Waals surface area contributed by atoms with Crippen LogP contribution in [0.25, 0.3) is 0 Å². The normalized spacial score (nSPS) is 16.1. The van der Waals surface area contributed by atoms with Gasteiger partial charge in [-0.2, -0.15) is 0 Å². The molecule has 0 aromatic heterocycles. The molecule has 0 fully saturated rings. The van der Waals surface area contributed by atoms with Crippen LogP contribution in [0.15, 0.2) is 42.5 Å². The second-order valence-electron chi connectivity index (χ2n) is 5.71. The van der Waals surface area contributed by atoms with E-state index < -0.39 is 12.0 Å². The molecule has 1 aliphatic heterocycles. The first kappa shape index (κ1) is 15.9. The standard InChI is InChI=1S/C18H18N2O4/c1-11-7-8-13(15(22)9-11)19-18(23)17-10-20(12(2)21)14-5-3-4-6-16(14)24-17/h3-9,17,22H,10H2,1-2H3,(H,19,23)/t17-/m0/s1. The molecular formula is C18H18N2O4. The van der Waals surface area contributed by atoms with Gasteiger partial charge in [-0.15, -0.1) is 0 Å². The lowest BCUT2D eigenvalue weighted by Gasteiger charge is -2.33. The Morgan fingerprint density at radius 2 is 2.00 bits per heavy atom. The minimum Gasteiger partial charge on any atom is -0.506 e. The summed E-state index contributed by atoms with van der Waals surface area (Å²) in [5, 5.41) is 12.6. The third-order valence-electron chi connectivity index (χ3n) is 3.86. The Morgan fingerprint density at radius 1 is 1.25 bits per heavy atom. The first-order valence-electron chi connectivity index (χ1n) is 7.60. The maximum Gasteiger partial charge on any atom is 0.267 e. The van der Waals surface area contributed by atoms with Crippen LogP contribution in [0.2, 0.25) is 0 Å². The number of amides is 2. The molecule has 0 saturated carbocycles. The number of fused-ring (bicyclic) bond motifs is 1. The van der Waals surface area contributed by atoms with Gasteiger partial charge in [0.05, 0.1) is 17.9 Å². The molecule has 0 aliphatic carbocycles. The van der Waals surface area contributed by atoms with Gasteiger partial charge in [0, 0.05) is 6.92 Å². The minimum atomic E-state index is -0.857. The maximum absolute atomic E-state index is 12.5. The van der Waals surface area contributed by atoms with Gasteiger partial charge >= 0.3 is 0 Å². The van der Waals surface area contributed by atoms with Crippen molar-refractivity contribution in [2.75, 3.05) is 16.8 Å². The zero-order valence-corrected chi connectivity index (χ0v) is 13.4. The number of benzene rings is 2. The Labute approximate surface area is 139 Å². The number of rotatable bonds is 2. The van der Waals surface area contributed by atoms with Crippen molar-refractivity contribution in [2.24, 2.45) is 0 Å². The highest BCUT2D eigenvalue weighted by Crippen LogP contribution is 2.33. The third kappa shape index (κ3) is 3.03. The third-order valence-corrected chi connectivity index (χ3v) is 3.86. The second kappa shape index (κ2) is 6.23. The Bertz CT molecular complexity index is 803. The summed E-state index contributed by atoms with van der Waals surface area (Å²) >= 11 is 0. The number of aromatic hydroxyl groups is 1. The first-order chi connectivity index (χ1) is 11.5. The number of nitrogens with one attached hydrogen (secondary N) is 1. The Morgan fingerprint density at radius 3 is 2.71 bits per heavy atom. The largest absolute Gasteiger partial charge is 0.506 e. The Hall–Kier alpha value is -3.02. The van der Waals surface area contributed by atoms with Gasteiger partial charge in [0.25, 0.3) is 5.91 Å². The molecular weight excluding hydrogens is 308 g/mol. The average molecular weight is 326 g/mol. The topological polar surface area (TPSA) is 78.9 Å². The smallest absolute Gasteiger partial charge is 0.267 e. The van der Waals surface area contributed by atoms with Crippen LogP contribution in [0, 0.1) is 6.92 Å². The monoisotopic (exact) mass is 326 g/mol. The number of anilines is 2. The van der Waals surface area contributed by atoms with Gasteiger partial charge in [0.1, 0.15) is 11.5 Å². The van der Waals surface area contributed by atoms with E-state index in [2.05, 4.69) is 5.32 Å². The van der Waals surface area contributed by atoms with Crippen LogP contribution < -0.4 is 15.0 Å². The van der Waals surface area contributed by atoms with Crippen molar-refractivity contribution in [1.29, 1.82) is 0 Å². The van der Waals surface area contributed by atoms with E-state index in [-0.39, 0.29) is 18.2 Å². The number of ether oxygens (including phenoxy) is 1. The fourth-order valence-corrected chi connectivity index (χ4v) is 2.63. The van der Waals surface area contributed by atoms with E-state index in [1.807, 2.05) is 13.0 Å². The van der Waals surface area contributed by atoms with Crippen LogP contribution in [0.5, 0.6) is 11.5 Å². The fourth-order valence-electron chi connectivity index (χ4n) is 2.63. The zero-order valence-electron chi connectivity index (χ0n) is 13.4. The van der Waals surface area contributed by atoms with E-state index in [9.17, 15) is 14.7 Å². The van der Waals surface area contributed by atoms with Gasteiger partial charge in [0.15, 0.2) is 6.10 Å². The number of nitrogens with zero attached hydrogens (tertiary/aromatic N) is 1. The molecule has 2 N–H and O–H groups in total. The Balaban J connectivity index is 1.82. The summed E-state index contributed by atoms with van der Waals surface area (Å²) in [4.78, 5) is 25.9. The van der Waals surface area contributed by atoms with E-state index in [0.29, 0.717) is 17.1 Å². The van der Waals surface area contributed by atoms with Gasteiger partial charge in [-0.1, -0.05) is 18.2 Å². The lowest BCUT2D eigenvalue weighted by Crippen LogP contribution is -2.48. The molecule has 2 aromatic carbocycles. The van der Waals surface area contributed by atoms with Crippen molar-refractivity contribution >= 4 is 23.2 Å². The summed E-state index contributed by atoms with van der Waals surface area (Å²) in [5.74, 6) is -0.119. The molecule has 0 saturated heterocycles. The van der Waals surface area contributed by atoms with Crippen molar-refractivity contribution in [3.8, 4) is 11.5 Å². The van der Waals surface area contributed by atoms with Crippen molar-refractivity contribution in [1.82, 2.24) is 0 Å². The van der Waals surface area contributed by atoms with Crippen LogP contribution in [0.1, 0.15) is 12.5 Å². The van der Waals surface area contributed by atoms with E-state index in [1.54, 1.807) is 36.4 Å². The predicted octanol–water partition coefficient (Wildman–Crippen LogP) is 2.45. The molecule has 1 aliphatic rings. The highest BCUT2D eigenvalue weighted by molar-refractivity contribution is 6.00. The number of hydrogen-bond donors (Lipinski definition) is 2. The molecule has 2 amide bonds. The average Bonchev–Trinajstić information content (AvgIpc) is 2.56. The number of para-hydroxylation sites is 2. The summed E-state index contributed by atoms with van der Waals surface area (Å²) in [7, 11) is 0. The van der Waals surface area contributed by atoms with E-state index in [1.165, 1.54) is 11.8 Å². The van der Waals surface area contributed by atoms with Gasteiger partial charge < -0.3 is 20.1 Å². The number of carbonyl (C=O) groups excluding carboxylic acids is 2. The summed E-state index contributed by atoms with van der Waals surface area (Å²) in [6.07, 6.45) is -0.857. The molecule has 1 atom stereocenters. The number of phenolic OH excluding ortho intramolecular Hbond substituents is 1. The van der Waals surface area contributed by atoms with Crippen LogP contribution >= 0.6 is 0 Å². The summed E-state index contributed by atoms with van der Waals surface area (Å²) in [5.41, 5.74) is 1.84. The molecule has 3 rings (SSSR count). The molecule has 24 heavy (non-hydrogen) atoms. The predicted molar refractivity (Wildman–Crippen MR) is 90.4 cm³/mol. The molecule has 0 radical (unpaired) electrons. The molecule has 6 heteroatoms. The first-order valence-corrected chi connectivity index (χ1v) is 7.60. The molecule has 0 unspecified atom stereocenters. The minimum absolute atomic E-state index is 0.0111. The number of hydrogen-bond acceptors (Lipinski definition) is 4.